The van der Waals surface area contributed by atoms with Crippen LogP contribution in [-0.4, -0.2) is 43.7 Å². The van der Waals surface area contributed by atoms with Crippen molar-refractivity contribution in [2.45, 2.75) is 32.3 Å². The first kappa shape index (κ1) is 15.4. The molecule has 19 heavy (non-hydrogen) atoms. The van der Waals surface area contributed by atoms with Crippen molar-refractivity contribution in [2.75, 3.05) is 18.5 Å². The molecule has 1 rings (SSSR count). The summed E-state index contributed by atoms with van der Waals surface area (Å²) in [5.41, 5.74) is -0.998. The van der Waals surface area contributed by atoms with Crippen LogP contribution in [0, 0.1) is 10.1 Å². The quantitative estimate of drug-likeness (QED) is 0.490. The van der Waals surface area contributed by atoms with Crippen LogP contribution in [0.15, 0.2) is 0 Å². The van der Waals surface area contributed by atoms with Gasteiger partial charge >= 0.3 is 5.69 Å². The van der Waals surface area contributed by atoms with Crippen LogP contribution in [0.1, 0.15) is 26.0 Å². The molecule has 1 aromatic rings. The van der Waals surface area contributed by atoms with Crippen molar-refractivity contribution < 1.29 is 15.1 Å². The number of hydrogen-bond acceptors (Lipinski definition) is 6. The molecule has 0 aromatic carbocycles. The predicted octanol–water partition coefficient (Wildman–Crippen LogP) is 0.436. The summed E-state index contributed by atoms with van der Waals surface area (Å²) in [6, 6.07) is 0. The molecule has 0 spiro atoms. The third kappa shape index (κ3) is 3.65. The van der Waals surface area contributed by atoms with Crippen molar-refractivity contribution >= 4 is 11.5 Å². The van der Waals surface area contributed by atoms with Gasteiger partial charge in [-0.05, 0) is 13.3 Å². The minimum atomic E-state index is -1.34. The number of aliphatic hydroxyl groups is 2. The third-order valence-corrected chi connectivity index (χ3v) is 2.74. The predicted molar refractivity (Wildman–Crippen MR) is 70.1 cm³/mol. The maximum atomic E-state index is 11.1. The van der Waals surface area contributed by atoms with Crippen molar-refractivity contribution in [2.24, 2.45) is 7.05 Å². The van der Waals surface area contributed by atoms with E-state index in [0.717, 1.165) is 6.42 Å². The van der Waals surface area contributed by atoms with E-state index in [4.69, 9.17) is 5.11 Å². The molecule has 0 aliphatic heterocycles. The highest BCUT2D eigenvalue weighted by Crippen LogP contribution is 2.29. The Morgan fingerprint density at radius 1 is 1.58 bits per heavy atom. The number of nitrogens with one attached hydrogen (secondary N) is 1. The molecule has 1 atom stereocenters. The van der Waals surface area contributed by atoms with Gasteiger partial charge in [-0.15, -0.1) is 0 Å². The number of aliphatic hydroxyl groups excluding tert-OH is 1. The summed E-state index contributed by atoms with van der Waals surface area (Å²) >= 11 is 0. The lowest BCUT2D eigenvalue weighted by atomic mass is 10.1. The summed E-state index contributed by atoms with van der Waals surface area (Å²) in [6.07, 6.45) is 1.27. The highest BCUT2D eigenvalue weighted by Gasteiger charge is 2.28. The first-order valence-corrected chi connectivity index (χ1v) is 6.09. The Morgan fingerprint density at radius 2 is 2.21 bits per heavy atom. The standard InChI is InChI=1S/C11H20N4O4/c1-4-5-8-9(15(18)19)10(14(3)13-8)12-6-11(2,17)7-16/h12,16-17H,4-7H2,1-3H3. The monoisotopic (exact) mass is 272 g/mol. The van der Waals surface area contributed by atoms with Crippen LogP contribution in [0.2, 0.25) is 0 Å². The molecule has 108 valence electrons. The maximum absolute atomic E-state index is 11.1. The molecule has 1 unspecified atom stereocenters. The SMILES string of the molecule is CCCc1nn(C)c(NCC(C)(O)CO)c1[N+](=O)[O-]. The van der Waals surface area contributed by atoms with Gasteiger partial charge in [0.2, 0.25) is 5.82 Å². The molecule has 3 N–H and O–H groups in total. The molecule has 1 heterocycles. The Balaban J connectivity index is 3.02. The topological polar surface area (TPSA) is 113 Å². The number of aromatic nitrogens is 2. The Morgan fingerprint density at radius 3 is 2.68 bits per heavy atom. The van der Waals surface area contributed by atoms with Gasteiger partial charge in [0, 0.05) is 13.6 Å². The minimum absolute atomic E-state index is 0.00453. The summed E-state index contributed by atoms with van der Waals surface area (Å²) < 4.78 is 1.39. The van der Waals surface area contributed by atoms with E-state index in [1.165, 1.54) is 11.6 Å². The van der Waals surface area contributed by atoms with E-state index in [-0.39, 0.29) is 18.1 Å². The van der Waals surface area contributed by atoms with E-state index in [1.54, 1.807) is 7.05 Å². The molecule has 0 radical (unpaired) electrons. The molecule has 0 fully saturated rings. The van der Waals surface area contributed by atoms with Crippen molar-refractivity contribution in [3.63, 3.8) is 0 Å². The van der Waals surface area contributed by atoms with Crippen LogP contribution in [-0.2, 0) is 13.5 Å². The molecule has 0 saturated heterocycles. The van der Waals surface area contributed by atoms with Gasteiger partial charge in [-0.1, -0.05) is 13.3 Å². The first-order chi connectivity index (χ1) is 8.82. The lowest BCUT2D eigenvalue weighted by Gasteiger charge is -2.20. The summed E-state index contributed by atoms with van der Waals surface area (Å²) in [4.78, 5) is 10.6. The van der Waals surface area contributed by atoms with Crippen LogP contribution in [0.4, 0.5) is 11.5 Å². The van der Waals surface area contributed by atoms with E-state index >= 15 is 0 Å². The number of aryl methyl sites for hydroxylation is 2. The van der Waals surface area contributed by atoms with E-state index < -0.39 is 17.1 Å². The lowest BCUT2D eigenvalue weighted by Crippen LogP contribution is -2.37. The Hall–Kier alpha value is -1.67. The van der Waals surface area contributed by atoms with Crippen molar-refractivity contribution in [1.29, 1.82) is 0 Å². The Bertz CT molecular complexity index is 456. The zero-order valence-corrected chi connectivity index (χ0v) is 11.4. The van der Waals surface area contributed by atoms with E-state index in [0.29, 0.717) is 12.1 Å². The molecule has 0 saturated carbocycles. The number of nitro groups is 1. The number of rotatable bonds is 7. The van der Waals surface area contributed by atoms with Crippen molar-refractivity contribution in [3.05, 3.63) is 15.8 Å². The van der Waals surface area contributed by atoms with Gasteiger partial charge in [-0.3, -0.25) is 10.1 Å². The molecule has 1 aromatic heterocycles. The summed E-state index contributed by atoms with van der Waals surface area (Å²) in [7, 11) is 1.60. The molecule has 0 bridgehead atoms. The van der Waals surface area contributed by atoms with Crippen LogP contribution in [0.5, 0.6) is 0 Å². The second-order valence-corrected chi connectivity index (χ2v) is 4.78. The molecule has 0 aliphatic carbocycles. The summed E-state index contributed by atoms with van der Waals surface area (Å²) in [5.74, 6) is 0.238. The zero-order valence-electron chi connectivity index (χ0n) is 11.4. The largest absolute Gasteiger partial charge is 0.393 e. The summed E-state index contributed by atoms with van der Waals surface area (Å²) in [5, 5.41) is 36.7. The molecule has 8 nitrogen and oxygen atoms in total. The zero-order chi connectivity index (χ0) is 14.6. The second-order valence-electron chi connectivity index (χ2n) is 4.78. The third-order valence-electron chi connectivity index (χ3n) is 2.74. The van der Waals surface area contributed by atoms with Crippen molar-refractivity contribution in [1.82, 2.24) is 9.78 Å². The fourth-order valence-electron chi connectivity index (χ4n) is 1.69. The second kappa shape index (κ2) is 5.98. The number of hydrogen-bond donors (Lipinski definition) is 3. The van der Waals surface area contributed by atoms with Gasteiger partial charge in [-0.25, -0.2) is 4.68 Å². The molecule has 0 aliphatic rings. The van der Waals surface area contributed by atoms with Gasteiger partial charge in [0.25, 0.3) is 0 Å². The van der Waals surface area contributed by atoms with Gasteiger partial charge in [0.05, 0.1) is 11.5 Å². The van der Waals surface area contributed by atoms with E-state index in [1.807, 2.05) is 6.92 Å². The molecular formula is C11H20N4O4. The normalized spacial score (nSPS) is 14.2. The van der Waals surface area contributed by atoms with E-state index in [9.17, 15) is 15.2 Å². The van der Waals surface area contributed by atoms with Crippen LogP contribution in [0.3, 0.4) is 0 Å². The average Bonchev–Trinajstić information content (AvgIpc) is 2.63. The van der Waals surface area contributed by atoms with Gasteiger partial charge in [0.1, 0.15) is 11.3 Å². The van der Waals surface area contributed by atoms with Crippen LogP contribution in [0.25, 0.3) is 0 Å². The van der Waals surface area contributed by atoms with Crippen molar-refractivity contribution in [3.8, 4) is 0 Å². The van der Waals surface area contributed by atoms with E-state index in [2.05, 4.69) is 10.4 Å². The van der Waals surface area contributed by atoms with Gasteiger partial charge in [0.15, 0.2) is 0 Å². The molecular weight excluding hydrogens is 252 g/mol. The molecule has 0 amide bonds. The maximum Gasteiger partial charge on any atom is 0.333 e. The minimum Gasteiger partial charge on any atom is -0.393 e. The number of anilines is 1. The average molecular weight is 272 g/mol. The van der Waals surface area contributed by atoms with Crippen LogP contribution < -0.4 is 5.32 Å². The fraction of sp³-hybridized carbons (Fsp3) is 0.727. The summed E-state index contributed by atoms with van der Waals surface area (Å²) in [6.45, 7) is 2.92. The highest BCUT2D eigenvalue weighted by atomic mass is 16.6. The lowest BCUT2D eigenvalue weighted by molar-refractivity contribution is -0.384. The first-order valence-electron chi connectivity index (χ1n) is 6.09. The number of nitrogens with zero attached hydrogens (tertiary/aromatic N) is 3. The van der Waals surface area contributed by atoms with Gasteiger partial charge < -0.3 is 15.5 Å². The Labute approximate surface area is 111 Å². The fourth-order valence-corrected chi connectivity index (χ4v) is 1.69. The molecule has 8 heteroatoms. The van der Waals surface area contributed by atoms with Crippen LogP contribution >= 0.6 is 0 Å². The highest BCUT2D eigenvalue weighted by molar-refractivity contribution is 5.60. The smallest absolute Gasteiger partial charge is 0.333 e. The van der Waals surface area contributed by atoms with Gasteiger partial charge in [-0.2, -0.15) is 5.10 Å². The Kier molecular flexibility index (Phi) is 4.84.